The maximum absolute atomic E-state index is 12.7. The summed E-state index contributed by atoms with van der Waals surface area (Å²) >= 11 is 7.74. The molecule has 44 heavy (non-hydrogen) atoms. The van der Waals surface area contributed by atoms with Crippen LogP contribution >= 0.6 is 22.9 Å². The molecule has 0 saturated carbocycles. The minimum Gasteiger partial charge on any atom is -0.378 e. The van der Waals surface area contributed by atoms with E-state index in [1.54, 1.807) is 18.3 Å². The number of thiazole rings is 1. The standard InChI is InChI=1S/C32H27ClN8O2S/c33-25-9-1-2-10-26(25)38-31(42)36-22-6-3-5-21(19-22)28-29(41-15-18-44-32(41)39-28)27-11-12-34-30(37-27)35-23-7-4-8-24(20-23)40-13-16-43-17-14-40/h1-12,15,18-20H,13-14,16-17H2,(H,34,35,37)(H2,36,38,42). The van der Waals surface area contributed by atoms with Crippen LogP contribution in [0.1, 0.15) is 0 Å². The van der Waals surface area contributed by atoms with Crippen molar-refractivity contribution in [2.45, 2.75) is 0 Å². The van der Waals surface area contributed by atoms with Gasteiger partial charge in [0.05, 0.1) is 35.3 Å². The highest BCUT2D eigenvalue weighted by Crippen LogP contribution is 2.35. The fourth-order valence-corrected chi connectivity index (χ4v) is 6.00. The number of imidazole rings is 1. The summed E-state index contributed by atoms with van der Waals surface area (Å²) in [6.45, 7) is 3.17. The van der Waals surface area contributed by atoms with E-state index in [9.17, 15) is 4.79 Å². The Morgan fingerprint density at radius 2 is 1.75 bits per heavy atom. The molecule has 4 heterocycles. The van der Waals surface area contributed by atoms with E-state index in [2.05, 4.69) is 38.0 Å². The zero-order valence-corrected chi connectivity index (χ0v) is 25.0. The first-order valence-electron chi connectivity index (χ1n) is 14.0. The van der Waals surface area contributed by atoms with Gasteiger partial charge in [-0.05, 0) is 48.5 Å². The number of anilines is 5. The van der Waals surface area contributed by atoms with Crippen LogP contribution in [0.3, 0.4) is 0 Å². The Kier molecular flexibility index (Phi) is 7.80. The first kappa shape index (κ1) is 27.8. The third-order valence-corrected chi connectivity index (χ3v) is 8.24. The van der Waals surface area contributed by atoms with Gasteiger partial charge in [0.15, 0.2) is 4.96 Å². The number of nitrogens with zero attached hydrogens (tertiary/aromatic N) is 5. The molecule has 3 aromatic heterocycles. The molecule has 1 aliphatic rings. The summed E-state index contributed by atoms with van der Waals surface area (Å²) in [5, 5.41) is 11.5. The molecule has 7 rings (SSSR count). The number of hydrogen-bond acceptors (Lipinski definition) is 8. The van der Waals surface area contributed by atoms with E-state index in [0.717, 1.165) is 59.6 Å². The van der Waals surface area contributed by atoms with Crippen molar-refractivity contribution in [1.29, 1.82) is 0 Å². The third-order valence-electron chi connectivity index (χ3n) is 7.15. The van der Waals surface area contributed by atoms with Crippen molar-refractivity contribution in [2.24, 2.45) is 0 Å². The second-order valence-corrected chi connectivity index (χ2v) is 11.3. The Balaban J connectivity index is 1.16. The number of urea groups is 1. The van der Waals surface area contributed by atoms with Crippen LogP contribution in [0.15, 0.2) is 96.6 Å². The van der Waals surface area contributed by atoms with Gasteiger partial charge in [-0.2, -0.15) is 0 Å². The lowest BCUT2D eigenvalue weighted by Crippen LogP contribution is -2.36. The number of rotatable bonds is 7. The van der Waals surface area contributed by atoms with Crippen LogP contribution in [0.25, 0.3) is 27.6 Å². The van der Waals surface area contributed by atoms with Crippen molar-refractivity contribution < 1.29 is 9.53 Å². The minimum absolute atomic E-state index is 0.398. The number of benzene rings is 3. The summed E-state index contributed by atoms with van der Waals surface area (Å²) in [5.41, 5.74) is 6.27. The number of carbonyl (C=O) groups excluding carboxylic acids is 1. The van der Waals surface area contributed by atoms with Crippen LogP contribution in [0, 0.1) is 0 Å². The number of halogens is 1. The Hall–Kier alpha value is -4.97. The molecule has 3 N–H and O–H groups in total. The molecule has 3 aromatic carbocycles. The van der Waals surface area contributed by atoms with Gasteiger partial charge in [-0.25, -0.2) is 19.7 Å². The summed E-state index contributed by atoms with van der Waals surface area (Å²) in [6.07, 6.45) is 3.72. The summed E-state index contributed by atoms with van der Waals surface area (Å²) in [4.78, 5) is 30.2. The van der Waals surface area contributed by atoms with E-state index in [-0.39, 0.29) is 0 Å². The third kappa shape index (κ3) is 5.93. The van der Waals surface area contributed by atoms with Crippen molar-refractivity contribution in [3.05, 3.63) is 102 Å². The predicted molar refractivity (Wildman–Crippen MR) is 176 cm³/mol. The monoisotopic (exact) mass is 622 g/mol. The van der Waals surface area contributed by atoms with Gasteiger partial charge < -0.3 is 25.6 Å². The quantitative estimate of drug-likeness (QED) is 0.170. The van der Waals surface area contributed by atoms with Gasteiger partial charge in [-0.3, -0.25) is 4.40 Å². The molecule has 0 unspecified atom stereocenters. The molecule has 1 saturated heterocycles. The van der Waals surface area contributed by atoms with Crippen molar-refractivity contribution in [2.75, 3.05) is 47.2 Å². The number of carbonyl (C=O) groups is 1. The molecule has 6 aromatic rings. The normalized spacial score (nSPS) is 13.2. The van der Waals surface area contributed by atoms with Crippen LogP contribution in [0.5, 0.6) is 0 Å². The number of ether oxygens (including phenoxy) is 1. The maximum atomic E-state index is 12.7. The molecule has 2 amide bonds. The van der Waals surface area contributed by atoms with E-state index in [4.69, 9.17) is 26.3 Å². The number of morpholine rings is 1. The minimum atomic E-state index is -0.398. The topological polar surface area (TPSA) is 109 Å². The lowest BCUT2D eigenvalue weighted by atomic mass is 10.1. The maximum Gasteiger partial charge on any atom is 0.323 e. The molecule has 0 aliphatic carbocycles. The molecular formula is C32H27ClN8O2S. The number of aromatic nitrogens is 4. The van der Waals surface area contributed by atoms with E-state index in [1.165, 1.54) is 11.3 Å². The zero-order chi connectivity index (χ0) is 29.9. The van der Waals surface area contributed by atoms with Gasteiger partial charge in [0.25, 0.3) is 0 Å². The Labute approximate surface area is 262 Å². The molecule has 1 fully saturated rings. The van der Waals surface area contributed by atoms with Crippen LogP contribution in [0.4, 0.5) is 33.5 Å². The summed E-state index contributed by atoms with van der Waals surface area (Å²) < 4.78 is 7.52. The Morgan fingerprint density at radius 1 is 0.909 bits per heavy atom. The SMILES string of the molecule is O=C(Nc1cccc(-c2nc3sccn3c2-c2ccnc(Nc3cccc(N4CCOCC4)c3)n2)c1)Nc1ccccc1Cl. The molecule has 220 valence electrons. The number of hydrogen-bond donors (Lipinski definition) is 3. The van der Waals surface area contributed by atoms with E-state index in [0.29, 0.717) is 28.0 Å². The molecule has 0 spiro atoms. The Bertz CT molecular complexity index is 1950. The molecule has 1 aliphatic heterocycles. The van der Waals surface area contributed by atoms with Crippen LogP contribution < -0.4 is 20.9 Å². The zero-order valence-electron chi connectivity index (χ0n) is 23.4. The van der Waals surface area contributed by atoms with Gasteiger partial charge in [0.1, 0.15) is 5.69 Å². The fourth-order valence-electron chi connectivity index (χ4n) is 5.11. The van der Waals surface area contributed by atoms with Gasteiger partial charge >= 0.3 is 6.03 Å². The molecule has 0 atom stereocenters. The van der Waals surface area contributed by atoms with E-state index >= 15 is 0 Å². The number of amides is 2. The van der Waals surface area contributed by atoms with Crippen LogP contribution in [-0.4, -0.2) is 51.7 Å². The second kappa shape index (κ2) is 12.3. The first-order chi connectivity index (χ1) is 21.6. The summed E-state index contributed by atoms with van der Waals surface area (Å²) in [6, 6.07) is 24.3. The number of para-hydroxylation sites is 1. The average Bonchev–Trinajstić information content (AvgIpc) is 3.65. The fraction of sp³-hybridized carbons (Fsp3) is 0.125. The largest absolute Gasteiger partial charge is 0.378 e. The molecule has 0 radical (unpaired) electrons. The van der Waals surface area contributed by atoms with Crippen molar-refractivity contribution in [3.63, 3.8) is 0 Å². The van der Waals surface area contributed by atoms with Gasteiger partial charge in [-0.1, -0.05) is 41.9 Å². The average molecular weight is 623 g/mol. The Morgan fingerprint density at radius 3 is 2.64 bits per heavy atom. The summed E-state index contributed by atoms with van der Waals surface area (Å²) in [7, 11) is 0. The smallest absolute Gasteiger partial charge is 0.323 e. The highest BCUT2D eigenvalue weighted by Gasteiger charge is 2.19. The lowest BCUT2D eigenvalue weighted by molar-refractivity contribution is 0.122. The van der Waals surface area contributed by atoms with Crippen LogP contribution in [-0.2, 0) is 4.74 Å². The van der Waals surface area contributed by atoms with Crippen molar-refractivity contribution in [1.82, 2.24) is 19.4 Å². The van der Waals surface area contributed by atoms with Crippen molar-refractivity contribution in [3.8, 4) is 22.6 Å². The summed E-state index contributed by atoms with van der Waals surface area (Å²) in [5.74, 6) is 0.476. The first-order valence-corrected chi connectivity index (χ1v) is 15.3. The molecule has 0 bridgehead atoms. The predicted octanol–water partition coefficient (Wildman–Crippen LogP) is 7.40. The van der Waals surface area contributed by atoms with Gasteiger partial charge in [-0.15, -0.1) is 11.3 Å². The second-order valence-electron chi connectivity index (χ2n) is 10.0. The van der Waals surface area contributed by atoms with Crippen molar-refractivity contribution >= 4 is 62.6 Å². The van der Waals surface area contributed by atoms with Crippen LogP contribution in [0.2, 0.25) is 5.02 Å². The molecule has 10 nitrogen and oxygen atoms in total. The molecule has 12 heteroatoms. The number of fused-ring (bicyclic) bond motifs is 1. The highest BCUT2D eigenvalue weighted by atomic mass is 35.5. The van der Waals surface area contributed by atoms with Gasteiger partial charge in [0.2, 0.25) is 5.95 Å². The van der Waals surface area contributed by atoms with E-state index < -0.39 is 6.03 Å². The van der Waals surface area contributed by atoms with Gasteiger partial charge in [0, 0.05) is 53.5 Å². The van der Waals surface area contributed by atoms with E-state index in [1.807, 2.05) is 70.6 Å². The highest BCUT2D eigenvalue weighted by molar-refractivity contribution is 7.15. The lowest BCUT2D eigenvalue weighted by Gasteiger charge is -2.29. The number of nitrogens with one attached hydrogen (secondary N) is 3. The molecular weight excluding hydrogens is 596 g/mol.